The van der Waals surface area contributed by atoms with Crippen LogP contribution >= 0.6 is 0 Å². The fourth-order valence-electron chi connectivity index (χ4n) is 1.67. The van der Waals surface area contributed by atoms with Gasteiger partial charge in [0.25, 0.3) is 0 Å². The average Bonchev–Trinajstić information content (AvgIpc) is 2.09. The summed E-state index contributed by atoms with van der Waals surface area (Å²) in [7, 11) is 5.55. The van der Waals surface area contributed by atoms with E-state index in [1.165, 1.54) is 6.08 Å². The summed E-state index contributed by atoms with van der Waals surface area (Å²) in [4.78, 5) is 13.4. The van der Waals surface area contributed by atoms with Crippen LogP contribution < -0.4 is 0 Å². The molecule has 3 nitrogen and oxygen atoms in total. The number of carbonyl (C=O) groups excluding carboxylic acids is 1. The second-order valence-corrected chi connectivity index (χ2v) is 3.87. The van der Waals surface area contributed by atoms with E-state index in [-0.39, 0.29) is 11.7 Å². The van der Waals surface area contributed by atoms with Crippen LogP contribution in [0.15, 0.2) is 24.0 Å². The lowest BCUT2D eigenvalue weighted by molar-refractivity contribution is -0.115. The predicted molar refractivity (Wildman–Crippen MR) is 55.9 cm³/mol. The molecule has 0 aromatic rings. The van der Waals surface area contributed by atoms with Crippen LogP contribution in [0.4, 0.5) is 0 Å². The van der Waals surface area contributed by atoms with Gasteiger partial charge in [-0.05, 0) is 19.7 Å². The molecule has 78 valence electrons. The molecule has 0 aromatic heterocycles. The number of methoxy groups -OCH3 is 1. The Bertz CT molecular complexity index is 279. The van der Waals surface area contributed by atoms with Crippen molar-refractivity contribution in [3.05, 3.63) is 24.0 Å². The van der Waals surface area contributed by atoms with Gasteiger partial charge in [-0.1, -0.05) is 6.58 Å². The molecule has 0 aliphatic heterocycles. The van der Waals surface area contributed by atoms with Crippen molar-refractivity contribution in [3.63, 3.8) is 0 Å². The average molecular weight is 195 g/mol. The zero-order chi connectivity index (χ0) is 10.7. The van der Waals surface area contributed by atoms with Crippen LogP contribution in [0.25, 0.3) is 0 Å². The highest BCUT2D eigenvalue weighted by atomic mass is 16.5. The van der Waals surface area contributed by atoms with Crippen molar-refractivity contribution in [1.82, 2.24) is 4.90 Å². The van der Waals surface area contributed by atoms with E-state index >= 15 is 0 Å². The minimum atomic E-state index is 0.126. The lowest BCUT2D eigenvalue weighted by atomic mass is 9.88. The zero-order valence-corrected chi connectivity index (χ0v) is 9.04. The maximum absolute atomic E-state index is 11.4. The molecule has 0 heterocycles. The van der Waals surface area contributed by atoms with Gasteiger partial charge < -0.3 is 9.64 Å². The normalized spacial score (nSPS) is 22.6. The third kappa shape index (κ3) is 2.45. The number of ketones is 1. The highest BCUT2D eigenvalue weighted by molar-refractivity contribution is 5.92. The van der Waals surface area contributed by atoms with Crippen molar-refractivity contribution in [1.29, 1.82) is 0 Å². The first-order valence-corrected chi connectivity index (χ1v) is 4.67. The first-order valence-electron chi connectivity index (χ1n) is 4.67. The second kappa shape index (κ2) is 4.42. The molecule has 1 rings (SSSR count). The van der Waals surface area contributed by atoms with Crippen molar-refractivity contribution < 1.29 is 9.53 Å². The number of carbonyl (C=O) groups is 1. The van der Waals surface area contributed by atoms with Crippen LogP contribution in [-0.4, -0.2) is 38.4 Å². The largest absolute Gasteiger partial charge is 0.496 e. The third-order valence-electron chi connectivity index (χ3n) is 2.35. The van der Waals surface area contributed by atoms with E-state index in [4.69, 9.17) is 4.74 Å². The summed E-state index contributed by atoms with van der Waals surface area (Å²) in [6, 6.07) is 0. The van der Waals surface area contributed by atoms with E-state index in [2.05, 4.69) is 11.5 Å². The standard InChI is InChI=1S/C11H17NO2/c1-8-9(7-12(2)3)5-10(13)6-11(8)14-4/h6,9H,1,5,7H2,2-4H3. The molecule has 1 aliphatic rings. The minimum Gasteiger partial charge on any atom is -0.496 e. The van der Waals surface area contributed by atoms with Crippen LogP contribution in [0.3, 0.4) is 0 Å². The summed E-state index contributed by atoms with van der Waals surface area (Å²) in [5.41, 5.74) is 0.931. The van der Waals surface area contributed by atoms with Crippen molar-refractivity contribution in [3.8, 4) is 0 Å². The molecular formula is C11H17NO2. The maximum Gasteiger partial charge on any atom is 0.160 e. The Morgan fingerprint density at radius 2 is 2.29 bits per heavy atom. The van der Waals surface area contributed by atoms with Crippen LogP contribution in [-0.2, 0) is 9.53 Å². The molecule has 0 fully saturated rings. The van der Waals surface area contributed by atoms with Gasteiger partial charge in [-0.3, -0.25) is 4.79 Å². The smallest absolute Gasteiger partial charge is 0.160 e. The lowest BCUT2D eigenvalue weighted by Gasteiger charge is -2.26. The van der Waals surface area contributed by atoms with E-state index in [1.54, 1.807) is 7.11 Å². The summed E-state index contributed by atoms with van der Waals surface area (Å²) in [6.07, 6.45) is 2.08. The van der Waals surface area contributed by atoms with E-state index in [0.717, 1.165) is 12.1 Å². The highest BCUT2D eigenvalue weighted by Gasteiger charge is 2.25. The van der Waals surface area contributed by atoms with Gasteiger partial charge in [0, 0.05) is 25.0 Å². The molecule has 3 heteroatoms. The fourth-order valence-corrected chi connectivity index (χ4v) is 1.67. The molecular weight excluding hydrogens is 178 g/mol. The third-order valence-corrected chi connectivity index (χ3v) is 2.35. The van der Waals surface area contributed by atoms with Gasteiger partial charge in [0.1, 0.15) is 5.76 Å². The molecule has 14 heavy (non-hydrogen) atoms. The van der Waals surface area contributed by atoms with Crippen molar-refractivity contribution in [2.45, 2.75) is 6.42 Å². The highest BCUT2D eigenvalue weighted by Crippen LogP contribution is 2.27. The number of hydrogen-bond donors (Lipinski definition) is 0. The van der Waals surface area contributed by atoms with Crippen molar-refractivity contribution in [2.75, 3.05) is 27.7 Å². The first kappa shape index (κ1) is 11.0. The quantitative estimate of drug-likeness (QED) is 0.678. The number of nitrogens with zero attached hydrogens (tertiary/aromatic N) is 1. The van der Waals surface area contributed by atoms with Crippen molar-refractivity contribution in [2.24, 2.45) is 5.92 Å². The summed E-state index contributed by atoms with van der Waals surface area (Å²) >= 11 is 0. The monoisotopic (exact) mass is 195 g/mol. The summed E-state index contributed by atoms with van der Waals surface area (Å²) in [6.45, 7) is 4.80. The van der Waals surface area contributed by atoms with Crippen molar-refractivity contribution >= 4 is 5.78 Å². The van der Waals surface area contributed by atoms with Gasteiger partial charge >= 0.3 is 0 Å². The zero-order valence-electron chi connectivity index (χ0n) is 9.04. The van der Waals surface area contributed by atoms with Crippen LogP contribution in [0.1, 0.15) is 6.42 Å². The Labute approximate surface area is 85.0 Å². The molecule has 0 saturated heterocycles. The molecule has 1 atom stereocenters. The van der Waals surface area contributed by atoms with Crippen LogP contribution in [0, 0.1) is 5.92 Å². The molecule has 0 N–H and O–H groups in total. The molecule has 0 radical (unpaired) electrons. The Morgan fingerprint density at radius 3 is 2.79 bits per heavy atom. The molecule has 1 aliphatic carbocycles. The topological polar surface area (TPSA) is 29.5 Å². The summed E-state index contributed by atoms with van der Waals surface area (Å²) in [5, 5.41) is 0. The Kier molecular flexibility index (Phi) is 3.47. The van der Waals surface area contributed by atoms with Gasteiger partial charge in [0.15, 0.2) is 5.78 Å². The second-order valence-electron chi connectivity index (χ2n) is 3.87. The molecule has 0 aromatic carbocycles. The molecule has 0 saturated carbocycles. The maximum atomic E-state index is 11.4. The SMILES string of the molecule is C=C1C(OC)=CC(=O)CC1CN(C)C. The van der Waals surface area contributed by atoms with E-state index in [9.17, 15) is 4.79 Å². The van der Waals surface area contributed by atoms with Gasteiger partial charge in [-0.2, -0.15) is 0 Å². The summed E-state index contributed by atoms with van der Waals surface area (Å²) in [5.74, 6) is 0.951. The number of allylic oxidation sites excluding steroid dienone is 2. The van der Waals surface area contributed by atoms with Gasteiger partial charge in [-0.15, -0.1) is 0 Å². The minimum absolute atomic E-state index is 0.126. The Morgan fingerprint density at radius 1 is 1.64 bits per heavy atom. The van der Waals surface area contributed by atoms with E-state index in [1.807, 2.05) is 14.1 Å². The molecule has 0 spiro atoms. The predicted octanol–water partition coefficient (Wildman–Crippen LogP) is 1.22. The molecule has 1 unspecified atom stereocenters. The molecule has 0 amide bonds. The number of ether oxygens (including phenoxy) is 1. The van der Waals surface area contributed by atoms with Gasteiger partial charge in [0.2, 0.25) is 0 Å². The Balaban J connectivity index is 2.77. The van der Waals surface area contributed by atoms with E-state index < -0.39 is 0 Å². The van der Waals surface area contributed by atoms with Crippen LogP contribution in [0.2, 0.25) is 0 Å². The van der Waals surface area contributed by atoms with Crippen LogP contribution in [0.5, 0.6) is 0 Å². The Hall–Kier alpha value is -1.09. The first-order chi connectivity index (χ1) is 6.54. The van der Waals surface area contributed by atoms with Gasteiger partial charge in [-0.25, -0.2) is 0 Å². The summed E-state index contributed by atoms with van der Waals surface area (Å²) < 4.78 is 5.11. The van der Waals surface area contributed by atoms with Gasteiger partial charge in [0.05, 0.1) is 7.11 Å². The lowest BCUT2D eigenvalue weighted by Crippen LogP contribution is -2.28. The van der Waals surface area contributed by atoms with E-state index in [0.29, 0.717) is 12.2 Å². The number of rotatable bonds is 3. The fraction of sp³-hybridized carbons (Fsp3) is 0.545. The molecule has 0 bridgehead atoms. The number of hydrogen-bond acceptors (Lipinski definition) is 3.